The highest BCUT2D eigenvalue weighted by molar-refractivity contribution is 5.06. The fourth-order valence-corrected chi connectivity index (χ4v) is 1.87. The van der Waals surface area contributed by atoms with E-state index in [1.165, 1.54) is 0 Å². The molecule has 2 rings (SSSR count). The van der Waals surface area contributed by atoms with Crippen LogP contribution in [0.1, 0.15) is 42.7 Å². The number of aromatic nitrogens is 3. The molecule has 0 unspecified atom stereocenters. The van der Waals surface area contributed by atoms with Gasteiger partial charge in [0, 0.05) is 24.7 Å². The van der Waals surface area contributed by atoms with Crippen molar-refractivity contribution in [1.29, 1.82) is 0 Å². The monoisotopic (exact) mass is 260 g/mol. The van der Waals surface area contributed by atoms with Gasteiger partial charge in [0.15, 0.2) is 5.76 Å². The van der Waals surface area contributed by atoms with Gasteiger partial charge in [0.25, 0.3) is 0 Å². The summed E-state index contributed by atoms with van der Waals surface area (Å²) in [4.78, 5) is 11.0. The van der Waals surface area contributed by atoms with Crippen molar-refractivity contribution in [3.05, 3.63) is 41.3 Å². The normalized spacial score (nSPS) is 11.5. The first-order valence-electron chi connectivity index (χ1n) is 6.47. The van der Waals surface area contributed by atoms with Gasteiger partial charge in [0.2, 0.25) is 0 Å². The fourth-order valence-electron chi connectivity index (χ4n) is 1.87. The zero-order valence-electron chi connectivity index (χ0n) is 11.9. The molecule has 2 aromatic heterocycles. The van der Waals surface area contributed by atoms with E-state index in [4.69, 9.17) is 4.52 Å². The lowest BCUT2D eigenvalue weighted by Gasteiger charge is -2.14. The summed E-state index contributed by atoms with van der Waals surface area (Å²) in [5.74, 6) is 2.11. The summed E-state index contributed by atoms with van der Waals surface area (Å²) >= 11 is 0. The molecule has 0 spiro atoms. The number of nitrogens with zero attached hydrogens (tertiary/aromatic N) is 4. The topological polar surface area (TPSA) is 55.1 Å². The molecule has 0 saturated carbocycles. The molecule has 0 aromatic carbocycles. The summed E-state index contributed by atoms with van der Waals surface area (Å²) in [6.07, 6.45) is 1.82. The van der Waals surface area contributed by atoms with Crippen LogP contribution in [0.25, 0.3) is 0 Å². The molecule has 5 heteroatoms. The molecule has 0 amide bonds. The van der Waals surface area contributed by atoms with Gasteiger partial charge in [-0.15, -0.1) is 0 Å². The molecule has 0 aliphatic heterocycles. The first-order chi connectivity index (χ1) is 9.04. The average molecular weight is 260 g/mol. The molecule has 0 atom stereocenters. The van der Waals surface area contributed by atoms with Crippen molar-refractivity contribution in [2.24, 2.45) is 0 Å². The molecule has 0 N–H and O–H groups in total. The lowest BCUT2D eigenvalue weighted by molar-refractivity contribution is 0.263. The average Bonchev–Trinajstić information content (AvgIpc) is 2.74. The lowest BCUT2D eigenvalue weighted by Crippen LogP contribution is -2.18. The second kappa shape index (κ2) is 5.93. The second-order valence-electron chi connectivity index (χ2n) is 5.17. The van der Waals surface area contributed by atoms with Crippen LogP contribution in [-0.2, 0) is 13.1 Å². The standard InChI is InChI=1S/C14H20N4O/c1-10(2)14-15-6-5-12(16-14)8-18(4)9-13-7-11(3)17-19-13/h5-7,10H,8-9H2,1-4H3. The van der Waals surface area contributed by atoms with Crippen LogP contribution >= 0.6 is 0 Å². The van der Waals surface area contributed by atoms with Crippen molar-refractivity contribution >= 4 is 0 Å². The Morgan fingerprint density at radius 3 is 2.74 bits per heavy atom. The Kier molecular flexibility index (Phi) is 4.27. The molecule has 0 fully saturated rings. The van der Waals surface area contributed by atoms with E-state index in [1.807, 2.05) is 32.3 Å². The highest BCUT2D eigenvalue weighted by atomic mass is 16.5. The van der Waals surface area contributed by atoms with Crippen LogP contribution in [0.4, 0.5) is 0 Å². The Hall–Kier alpha value is -1.75. The van der Waals surface area contributed by atoms with Crippen LogP contribution in [0.15, 0.2) is 22.9 Å². The van der Waals surface area contributed by atoms with Gasteiger partial charge in [0.05, 0.1) is 17.9 Å². The van der Waals surface area contributed by atoms with Crippen LogP contribution < -0.4 is 0 Å². The van der Waals surface area contributed by atoms with E-state index in [1.54, 1.807) is 0 Å². The Labute approximate surface area is 113 Å². The molecule has 5 nitrogen and oxygen atoms in total. The molecule has 0 radical (unpaired) electrons. The Bertz CT molecular complexity index is 536. The third-order valence-corrected chi connectivity index (χ3v) is 2.78. The number of hydrogen-bond donors (Lipinski definition) is 0. The number of hydrogen-bond acceptors (Lipinski definition) is 5. The highest BCUT2D eigenvalue weighted by Crippen LogP contribution is 2.11. The summed E-state index contributed by atoms with van der Waals surface area (Å²) in [5.41, 5.74) is 1.94. The Balaban J connectivity index is 1.98. The van der Waals surface area contributed by atoms with Crippen molar-refractivity contribution in [3.63, 3.8) is 0 Å². The minimum atomic E-state index is 0.349. The summed E-state index contributed by atoms with van der Waals surface area (Å²) in [6, 6.07) is 3.91. The molecule has 0 bridgehead atoms. The molecule has 0 saturated heterocycles. The van der Waals surface area contributed by atoms with Gasteiger partial charge in [-0.3, -0.25) is 4.90 Å². The maximum Gasteiger partial charge on any atom is 0.150 e. The largest absolute Gasteiger partial charge is 0.360 e. The first-order valence-corrected chi connectivity index (χ1v) is 6.47. The first kappa shape index (κ1) is 13.7. The third-order valence-electron chi connectivity index (χ3n) is 2.78. The van der Waals surface area contributed by atoms with E-state index in [-0.39, 0.29) is 0 Å². The molecule has 0 aliphatic carbocycles. The predicted molar refractivity (Wildman–Crippen MR) is 72.5 cm³/mol. The van der Waals surface area contributed by atoms with Gasteiger partial charge in [0.1, 0.15) is 5.82 Å². The van der Waals surface area contributed by atoms with Crippen molar-refractivity contribution in [2.75, 3.05) is 7.05 Å². The maximum absolute atomic E-state index is 5.21. The minimum absolute atomic E-state index is 0.349. The van der Waals surface area contributed by atoms with E-state index in [9.17, 15) is 0 Å². The van der Waals surface area contributed by atoms with Gasteiger partial charge >= 0.3 is 0 Å². The van der Waals surface area contributed by atoms with Gasteiger partial charge in [-0.2, -0.15) is 0 Å². The minimum Gasteiger partial charge on any atom is -0.360 e. The van der Waals surface area contributed by atoms with Gasteiger partial charge < -0.3 is 4.52 Å². The maximum atomic E-state index is 5.21. The van der Waals surface area contributed by atoms with E-state index >= 15 is 0 Å². The quantitative estimate of drug-likeness (QED) is 0.826. The molecular weight excluding hydrogens is 240 g/mol. The van der Waals surface area contributed by atoms with Crippen LogP contribution in [-0.4, -0.2) is 27.1 Å². The summed E-state index contributed by atoms with van der Waals surface area (Å²) in [5, 5.41) is 3.89. The zero-order valence-corrected chi connectivity index (χ0v) is 11.9. The van der Waals surface area contributed by atoms with Crippen molar-refractivity contribution < 1.29 is 4.52 Å². The van der Waals surface area contributed by atoms with Crippen molar-refractivity contribution in [3.8, 4) is 0 Å². The van der Waals surface area contributed by atoms with Gasteiger partial charge in [-0.05, 0) is 20.0 Å². The second-order valence-corrected chi connectivity index (χ2v) is 5.17. The van der Waals surface area contributed by atoms with E-state index < -0.39 is 0 Å². The number of rotatable bonds is 5. The van der Waals surface area contributed by atoms with Gasteiger partial charge in [-0.1, -0.05) is 19.0 Å². The zero-order chi connectivity index (χ0) is 13.8. The van der Waals surface area contributed by atoms with E-state index in [0.29, 0.717) is 5.92 Å². The molecule has 2 heterocycles. The Morgan fingerprint density at radius 1 is 1.32 bits per heavy atom. The summed E-state index contributed by atoms with van der Waals surface area (Å²) < 4.78 is 5.21. The summed E-state index contributed by atoms with van der Waals surface area (Å²) in [7, 11) is 2.04. The molecule has 102 valence electrons. The fraction of sp³-hybridized carbons (Fsp3) is 0.500. The molecule has 19 heavy (non-hydrogen) atoms. The van der Waals surface area contributed by atoms with Crippen molar-refractivity contribution in [1.82, 2.24) is 20.0 Å². The highest BCUT2D eigenvalue weighted by Gasteiger charge is 2.08. The van der Waals surface area contributed by atoms with Gasteiger partial charge in [-0.25, -0.2) is 9.97 Å². The molecule has 2 aromatic rings. The lowest BCUT2D eigenvalue weighted by atomic mass is 10.2. The van der Waals surface area contributed by atoms with Crippen LogP contribution in [0, 0.1) is 6.92 Å². The summed E-state index contributed by atoms with van der Waals surface area (Å²) in [6.45, 7) is 7.61. The van der Waals surface area contributed by atoms with Crippen LogP contribution in [0.2, 0.25) is 0 Å². The molecular formula is C14H20N4O. The third kappa shape index (κ3) is 3.86. The smallest absolute Gasteiger partial charge is 0.150 e. The van der Waals surface area contributed by atoms with Crippen molar-refractivity contribution in [2.45, 2.75) is 39.8 Å². The number of aryl methyl sites for hydroxylation is 1. The van der Waals surface area contributed by atoms with Crippen LogP contribution in [0.5, 0.6) is 0 Å². The Morgan fingerprint density at radius 2 is 2.11 bits per heavy atom. The molecule has 0 aliphatic rings. The SMILES string of the molecule is Cc1cc(CN(C)Cc2ccnc(C(C)C)n2)on1. The van der Waals surface area contributed by atoms with E-state index in [2.05, 4.69) is 33.9 Å². The predicted octanol–water partition coefficient (Wildman–Crippen LogP) is 2.53. The van der Waals surface area contributed by atoms with E-state index in [0.717, 1.165) is 36.1 Å². The van der Waals surface area contributed by atoms with Crippen LogP contribution in [0.3, 0.4) is 0 Å².